The molecule has 2 aliphatic rings. The van der Waals surface area contributed by atoms with Crippen molar-refractivity contribution in [1.82, 2.24) is 24.7 Å². The Morgan fingerprint density at radius 1 is 1.21 bits per heavy atom. The van der Waals surface area contributed by atoms with Crippen LogP contribution in [0, 0.1) is 0 Å². The number of amides is 6. The summed E-state index contributed by atoms with van der Waals surface area (Å²) in [5.41, 5.74) is 0.0537. The highest BCUT2D eigenvalue weighted by molar-refractivity contribution is 7.84. The number of hydrogen-bond donors (Lipinski definition) is 4. The van der Waals surface area contributed by atoms with Crippen LogP contribution in [-0.4, -0.2) is 94.1 Å². The molecule has 2 atom stereocenters. The van der Waals surface area contributed by atoms with Gasteiger partial charge in [0.05, 0.1) is 11.6 Å². The van der Waals surface area contributed by atoms with Gasteiger partial charge in [0, 0.05) is 19.6 Å². The minimum atomic E-state index is -4.78. The van der Waals surface area contributed by atoms with Crippen molar-refractivity contribution in [1.29, 1.82) is 0 Å². The lowest BCUT2D eigenvalue weighted by molar-refractivity contribution is -0.153. The average Bonchev–Trinajstić information content (AvgIpc) is 2.76. The zero-order chi connectivity index (χ0) is 25.4. The van der Waals surface area contributed by atoms with Crippen LogP contribution >= 0.6 is 11.6 Å². The molecule has 3 rings (SSSR count). The van der Waals surface area contributed by atoms with E-state index in [1.807, 2.05) is 0 Å². The van der Waals surface area contributed by atoms with Crippen molar-refractivity contribution in [3.8, 4) is 5.75 Å². The zero-order valence-corrected chi connectivity index (χ0v) is 19.2. The number of nitrogens with one attached hydrogen (secondary N) is 2. The second-order valence-corrected chi connectivity index (χ2v) is 9.09. The van der Waals surface area contributed by atoms with Crippen molar-refractivity contribution in [2.75, 3.05) is 26.2 Å². The third-order valence-corrected chi connectivity index (χ3v) is 6.45. The number of urea groups is 1. The molecule has 0 aromatic heterocycles. The van der Waals surface area contributed by atoms with Gasteiger partial charge in [0.1, 0.15) is 17.8 Å². The summed E-state index contributed by atoms with van der Waals surface area (Å²) in [6.07, 6.45) is 0. The van der Waals surface area contributed by atoms with E-state index in [2.05, 4.69) is 10.6 Å². The molecule has 0 aliphatic carbocycles. The quantitative estimate of drug-likeness (QED) is 0.200. The Labute approximate surface area is 198 Å². The predicted octanol–water partition coefficient (Wildman–Crippen LogP) is -1.38. The molecular formula is C18H20ClN5O9S. The van der Waals surface area contributed by atoms with Crippen LogP contribution in [0.2, 0.25) is 5.02 Å². The standard InChI is InChI=1S/C18H20ClN5O9S/c1-2-22-5-6-23(17(29)16(22)28)18(30)21-13(9-3-4-12(25)10(19)7-9)14(26)20-11-8-24(15(11)27)34(31,32)33/h3-4,7,11,13,25H,2,5-6,8H2,1H3,(H,20,26)(H,21,30)(H,31,32,33). The van der Waals surface area contributed by atoms with Crippen LogP contribution in [0.4, 0.5) is 4.79 Å². The summed E-state index contributed by atoms with van der Waals surface area (Å²) >= 11 is 5.89. The van der Waals surface area contributed by atoms with Gasteiger partial charge in [-0.15, -0.1) is 0 Å². The molecule has 0 saturated carbocycles. The maximum Gasteiger partial charge on any atom is 0.362 e. The minimum Gasteiger partial charge on any atom is -0.506 e. The number of phenolic OH excluding ortho intramolecular Hbond substituents is 1. The summed E-state index contributed by atoms with van der Waals surface area (Å²) in [5, 5.41) is 14.0. The van der Waals surface area contributed by atoms with Gasteiger partial charge < -0.3 is 20.6 Å². The number of piperazine rings is 1. The number of nitrogens with zero attached hydrogens (tertiary/aromatic N) is 3. The van der Waals surface area contributed by atoms with Crippen molar-refractivity contribution in [3.05, 3.63) is 28.8 Å². The van der Waals surface area contributed by atoms with E-state index in [1.165, 1.54) is 11.0 Å². The molecule has 0 radical (unpaired) electrons. The lowest BCUT2D eigenvalue weighted by Gasteiger charge is -2.36. The molecule has 2 heterocycles. The molecule has 0 bridgehead atoms. The first-order chi connectivity index (χ1) is 15.8. The summed E-state index contributed by atoms with van der Waals surface area (Å²) in [7, 11) is -4.78. The molecule has 1 aromatic rings. The van der Waals surface area contributed by atoms with E-state index in [0.29, 0.717) is 4.90 Å². The first kappa shape index (κ1) is 25.2. The number of hydrogen-bond acceptors (Lipinski definition) is 8. The lowest BCUT2D eigenvalue weighted by Crippen LogP contribution is -2.66. The van der Waals surface area contributed by atoms with Gasteiger partial charge in [-0.1, -0.05) is 17.7 Å². The Balaban J connectivity index is 1.80. The van der Waals surface area contributed by atoms with Gasteiger partial charge in [-0.3, -0.25) is 28.6 Å². The fourth-order valence-corrected chi connectivity index (χ4v) is 4.22. The van der Waals surface area contributed by atoms with Crippen LogP contribution in [0.25, 0.3) is 0 Å². The van der Waals surface area contributed by atoms with Gasteiger partial charge in [-0.2, -0.15) is 8.42 Å². The number of halogens is 1. The molecule has 2 saturated heterocycles. The molecule has 2 unspecified atom stereocenters. The number of carbonyl (C=O) groups is 5. The number of imide groups is 1. The molecule has 2 aliphatic heterocycles. The van der Waals surface area contributed by atoms with Gasteiger partial charge in [0.25, 0.3) is 5.91 Å². The monoisotopic (exact) mass is 517 g/mol. The van der Waals surface area contributed by atoms with E-state index >= 15 is 0 Å². The number of rotatable bonds is 6. The lowest BCUT2D eigenvalue weighted by atomic mass is 10.0. The van der Waals surface area contributed by atoms with Crippen LogP contribution in [0.5, 0.6) is 5.75 Å². The van der Waals surface area contributed by atoms with Gasteiger partial charge in [0.15, 0.2) is 0 Å². The Morgan fingerprint density at radius 3 is 2.44 bits per heavy atom. The van der Waals surface area contributed by atoms with E-state index in [0.717, 1.165) is 12.1 Å². The second-order valence-electron chi connectivity index (χ2n) is 7.34. The first-order valence-electron chi connectivity index (χ1n) is 9.84. The Morgan fingerprint density at radius 2 is 1.88 bits per heavy atom. The molecule has 14 nitrogen and oxygen atoms in total. The van der Waals surface area contributed by atoms with Gasteiger partial charge in [-0.25, -0.2) is 9.10 Å². The summed E-state index contributed by atoms with van der Waals surface area (Å²) < 4.78 is 31.3. The third kappa shape index (κ3) is 4.90. The van der Waals surface area contributed by atoms with Crippen molar-refractivity contribution in [2.45, 2.75) is 19.0 Å². The summed E-state index contributed by atoms with van der Waals surface area (Å²) in [6.45, 7) is 1.37. The maximum absolute atomic E-state index is 12.9. The zero-order valence-electron chi connectivity index (χ0n) is 17.6. The molecule has 34 heavy (non-hydrogen) atoms. The Bertz CT molecular complexity index is 1170. The van der Waals surface area contributed by atoms with Crippen LogP contribution in [0.3, 0.4) is 0 Å². The van der Waals surface area contributed by atoms with Crippen LogP contribution < -0.4 is 10.6 Å². The summed E-state index contributed by atoms with van der Waals surface area (Å²) in [5.74, 6) is -4.37. The van der Waals surface area contributed by atoms with Crippen molar-refractivity contribution in [2.24, 2.45) is 0 Å². The smallest absolute Gasteiger partial charge is 0.362 e. The molecule has 0 spiro atoms. The number of phenols is 1. The van der Waals surface area contributed by atoms with Crippen molar-refractivity contribution >= 4 is 51.6 Å². The van der Waals surface area contributed by atoms with Gasteiger partial charge >= 0.3 is 28.1 Å². The molecular weight excluding hydrogens is 498 g/mol. The largest absolute Gasteiger partial charge is 0.506 e. The summed E-state index contributed by atoms with van der Waals surface area (Å²) in [4.78, 5) is 63.9. The number of benzene rings is 1. The highest BCUT2D eigenvalue weighted by Crippen LogP contribution is 2.27. The number of carbonyl (C=O) groups excluding carboxylic acids is 5. The van der Waals surface area contributed by atoms with Gasteiger partial charge in [-0.05, 0) is 24.6 Å². The van der Waals surface area contributed by atoms with Crippen LogP contribution in [-0.2, 0) is 29.5 Å². The second kappa shape index (κ2) is 9.44. The van der Waals surface area contributed by atoms with Crippen LogP contribution in [0.15, 0.2) is 18.2 Å². The topological polar surface area (TPSA) is 194 Å². The minimum absolute atomic E-state index is 0.0537. The van der Waals surface area contributed by atoms with E-state index in [9.17, 15) is 37.5 Å². The van der Waals surface area contributed by atoms with Crippen molar-refractivity contribution in [3.63, 3.8) is 0 Å². The number of likely N-dealkylation sites (N-methyl/N-ethyl adjacent to an activating group) is 1. The van der Waals surface area contributed by atoms with E-state index in [-0.39, 0.29) is 40.3 Å². The maximum atomic E-state index is 12.9. The molecule has 184 valence electrons. The van der Waals surface area contributed by atoms with Crippen molar-refractivity contribution < 1.29 is 42.0 Å². The predicted molar refractivity (Wildman–Crippen MR) is 114 cm³/mol. The van der Waals surface area contributed by atoms with E-state index < -0.39 is 58.6 Å². The highest BCUT2D eigenvalue weighted by Gasteiger charge is 2.45. The fourth-order valence-electron chi connectivity index (χ4n) is 3.34. The molecule has 6 amide bonds. The molecule has 1 aromatic carbocycles. The fraction of sp³-hybridized carbons (Fsp3) is 0.389. The Kier molecular flexibility index (Phi) is 6.99. The number of aromatic hydroxyl groups is 1. The third-order valence-electron chi connectivity index (χ3n) is 5.26. The van der Waals surface area contributed by atoms with Crippen LogP contribution in [0.1, 0.15) is 18.5 Å². The normalized spacial score (nSPS) is 19.6. The molecule has 2 fully saturated rings. The number of β-lactam (4-membered cyclic amide) rings is 1. The SMILES string of the molecule is CCN1CCN(C(=O)NC(C(=O)NC2CN(S(=O)(=O)O)C2=O)c2ccc(O)c(Cl)c2)C(=O)C1=O. The van der Waals surface area contributed by atoms with Gasteiger partial charge in [0.2, 0.25) is 5.91 Å². The highest BCUT2D eigenvalue weighted by atomic mass is 35.5. The molecule has 4 N–H and O–H groups in total. The molecule has 16 heteroatoms. The first-order valence-corrected chi connectivity index (χ1v) is 11.6. The van der Waals surface area contributed by atoms with E-state index in [1.54, 1.807) is 6.92 Å². The Hall–Kier alpha value is -3.43. The summed E-state index contributed by atoms with van der Waals surface area (Å²) in [6, 6.07) is -0.369. The average molecular weight is 518 g/mol. The van der Waals surface area contributed by atoms with E-state index in [4.69, 9.17) is 16.2 Å².